The molecule has 5 nitrogen and oxygen atoms in total. The van der Waals surface area contributed by atoms with Gasteiger partial charge in [0.05, 0.1) is 13.2 Å². The van der Waals surface area contributed by atoms with Crippen LogP contribution in [0.2, 0.25) is 0 Å². The SMILES string of the molecule is COCCCN(C)Sc1cc(F)cc(N2CCC3(CC2)OCCO3)c1. The fraction of sp³-hybridized carbons (Fsp3) is 0.667. The molecular weight excluding hydrogens is 343 g/mol. The summed E-state index contributed by atoms with van der Waals surface area (Å²) in [5.41, 5.74) is 0.931. The lowest BCUT2D eigenvalue weighted by Gasteiger charge is -2.38. The highest BCUT2D eigenvalue weighted by atomic mass is 32.2. The first kappa shape index (κ1) is 18.9. The van der Waals surface area contributed by atoms with Gasteiger partial charge in [-0.1, -0.05) is 0 Å². The summed E-state index contributed by atoms with van der Waals surface area (Å²) in [7, 11) is 3.72. The molecule has 0 radical (unpaired) electrons. The van der Waals surface area contributed by atoms with Gasteiger partial charge < -0.3 is 19.1 Å². The van der Waals surface area contributed by atoms with Crippen molar-refractivity contribution in [2.45, 2.75) is 29.9 Å². The highest BCUT2D eigenvalue weighted by Crippen LogP contribution is 2.35. The third-order valence-electron chi connectivity index (χ3n) is 4.64. The minimum atomic E-state index is -0.400. The van der Waals surface area contributed by atoms with Crippen LogP contribution in [-0.2, 0) is 14.2 Å². The van der Waals surface area contributed by atoms with Crippen molar-refractivity contribution in [3.63, 3.8) is 0 Å². The molecule has 2 aliphatic rings. The topological polar surface area (TPSA) is 34.2 Å². The monoisotopic (exact) mass is 370 g/mol. The highest BCUT2D eigenvalue weighted by molar-refractivity contribution is 7.97. The summed E-state index contributed by atoms with van der Waals surface area (Å²) in [5.74, 6) is -0.595. The van der Waals surface area contributed by atoms with E-state index in [0.29, 0.717) is 13.2 Å². The number of anilines is 1. The fourth-order valence-corrected chi connectivity index (χ4v) is 4.25. The van der Waals surface area contributed by atoms with Crippen LogP contribution in [0.4, 0.5) is 10.1 Å². The lowest BCUT2D eigenvalue weighted by atomic mass is 10.0. The molecule has 3 rings (SSSR count). The Bertz CT molecular complexity index is 559. The molecule has 1 spiro atoms. The van der Waals surface area contributed by atoms with E-state index >= 15 is 0 Å². The van der Waals surface area contributed by atoms with Gasteiger partial charge in [0, 0.05) is 56.8 Å². The minimum Gasteiger partial charge on any atom is -0.385 e. The van der Waals surface area contributed by atoms with Crippen LogP contribution in [0.1, 0.15) is 19.3 Å². The molecule has 2 fully saturated rings. The smallest absolute Gasteiger partial charge is 0.171 e. The first-order valence-corrected chi connectivity index (χ1v) is 9.59. The molecule has 140 valence electrons. The van der Waals surface area contributed by atoms with Crippen LogP contribution < -0.4 is 4.90 Å². The van der Waals surface area contributed by atoms with Crippen molar-refractivity contribution < 1.29 is 18.6 Å². The van der Waals surface area contributed by atoms with E-state index in [0.717, 1.165) is 56.1 Å². The van der Waals surface area contributed by atoms with E-state index in [4.69, 9.17) is 14.2 Å². The van der Waals surface area contributed by atoms with E-state index < -0.39 is 5.79 Å². The van der Waals surface area contributed by atoms with Gasteiger partial charge in [-0.3, -0.25) is 0 Å². The Hall–Kier alpha value is -0.860. The van der Waals surface area contributed by atoms with Gasteiger partial charge in [-0.15, -0.1) is 0 Å². The predicted molar refractivity (Wildman–Crippen MR) is 97.5 cm³/mol. The number of benzene rings is 1. The van der Waals surface area contributed by atoms with E-state index in [-0.39, 0.29) is 5.82 Å². The summed E-state index contributed by atoms with van der Waals surface area (Å²) >= 11 is 1.57. The number of halogens is 1. The second kappa shape index (κ2) is 8.68. The molecule has 2 saturated heterocycles. The van der Waals surface area contributed by atoms with Crippen LogP contribution in [0.15, 0.2) is 23.1 Å². The van der Waals surface area contributed by atoms with Gasteiger partial charge in [-0.25, -0.2) is 8.70 Å². The van der Waals surface area contributed by atoms with Crippen LogP contribution in [0, 0.1) is 5.82 Å². The van der Waals surface area contributed by atoms with Crippen LogP contribution >= 0.6 is 11.9 Å². The van der Waals surface area contributed by atoms with Gasteiger partial charge in [-0.05, 0) is 43.6 Å². The Morgan fingerprint density at radius 2 is 1.96 bits per heavy atom. The summed E-state index contributed by atoms with van der Waals surface area (Å²) < 4.78 is 32.8. The molecule has 0 saturated carbocycles. The molecule has 2 heterocycles. The molecule has 0 aromatic heterocycles. The maximum absolute atomic E-state index is 14.1. The third kappa shape index (κ3) is 5.08. The number of rotatable bonds is 7. The zero-order valence-corrected chi connectivity index (χ0v) is 15.8. The Morgan fingerprint density at radius 3 is 2.64 bits per heavy atom. The van der Waals surface area contributed by atoms with E-state index in [9.17, 15) is 4.39 Å². The van der Waals surface area contributed by atoms with Crippen molar-refractivity contribution >= 4 is 17.6 Å². The number of nitrogens with zero attached hydrogens (tertiary/aromatic N) is 2. The molecule has 25 heavy (non-hydrogen) atoms. The number of hydrogen-bond donors (Lipinski definition) is 0. The van der Waals surface area contributed by atoms with E-state index in [1.54, 1.807) is 31.2 Å². The van der Waals surface area contributed by atoms with Crippen molar-refractivity contribution in [1.82, 2.24) is 4.31 Å². The lowest BCUT2D eigenvalue weighted by Crippen LogP contribution is -2.45. The summed E-state index contributed by atoms with van der Waals surface area (Å²) in [6.45, 7) is 4.62. The maximum Gasteiger partial charge on any atom is 0.171 e. The van der Waals surface area contributed by atoms with Gasteiger partial charge in [0.25, 0.3) is 0 Å². The first-order valence-electron chi connectivity index (χ1n) is 8.82. The van der Waals surface area contributed by atoms with Crippen molar-refractivity contribution in [3.8, 4) is 0 Å². The minimum absolute atomic E-state index is 0.195. The summed E-state index contributed by atoms with van der Waals surface area (Å²) in [4.78, 5) is 3.14. The van der Waals surface area contributed by atoms with Crippen LogP contribution in [0.25, 0.3) is 0 Å². The number of piperidine rings is 1. The van der Waals surface area contributed by atoms with Gasteiger partial charge >= 0.3 is 0 Å². The summed E-state index contributed by atoms with van der Waals surface area (Å²) in [6.07, 6.45) is 2.60. The fourth-order valence-electron chi connectivity index (χ4n) is 3.33. The average molecular weight is 370 g/mol. The third-order valence-corrected chi connectivity index (χ3v) is 5.58. The quantitative estimate of drug-likeness (QED) is 0.542. The highest BCUT2D eigenvalue weighted by Gasteiger charge is 2.39. The molecular formula is C18H27FN2O3S. The molecule has 1 aromatic rings. The Kier molecular flexibility index (Phi) is 6.57. The standard InChI is InChI=1S/C18H27FN2O3S/c1-20(6-3-9-22-2)25-17-13-15(19)12-16(14-17)21-7-4-18(5-8-21)23-10-11-24-18/h12-14H,3-11H2,1-2H3. The molecule has 0 amide bonds. The first-order chi connectivity index (χ1) is 12.1. The van der Waals surface area contributed by atoms with Gasteiger partial charge in [0.15, 0.2) is 5.79 Å². The van der Waals surface area contributed by atoms with E-state index in [2.05, 4.69) is 15.3 Å². The Balaban J connectivity index is 1.59. The average Bonchev–Trinajstić information content (AvgIpc) is 3.03. The normalized spacial score (nSPS) is 19.9. The molecule has 0 atom stereocenters. The maximum atomic E-state index is 14.1. The van der Waals surface area contributed by atoms with Crippen LogP contribution in [0.3, 0.4) is 0 Å². The molecule has 0 N–H and O–H groups in total. The lowest BCUT2D eigenvalue weighted by molar-refractivity contribution is -0.169. The number of hydrogen-bond acceptors (Lipinski definition) is 6. The van der Waals surface area contributed by atoms with E-state index in [1.165, 1.54) is 0 Å². The van der Waals surface area contributed by atoms with Gasteiger partial charge in [0.1, 0.15) is 5.82 Å². The van der Waals surface area contributed by atoms with Crippen molar-refractivity contribution in [2.24, 2.45) is 0 Å². The van der Waals surface area contributed by atoms with E-state index in [1.807, 2.05) is 7.05 Å². The summed E-state index contributed by atoms with van der Waals surface area (Å²) in [6, 6.07) is 5.27. The van der Waals surface area contributed by atoms with Crippen molar-refractivity contribution in [2.75, 3.05) is 58.5 Å². The molecule has 7 heteroatoms. The zero-order valence-electron chi connectivity index (χ0n) is 15.0. The molecule has 0 unspecified atom stereocenters. The second-order valence-electron chi connectivity index (χ2n) is 6.53. The van der Waals surface area contributed by atoms with Gasteiger partial charge in [0.2, 0.25) is 0 Å². The zero-order chi connectivity index (χ0) is 17.7. The largest absolute Gasteiger partial charge is 0.385 e. The molecule has 0 aliphatic carbocycles. The second-order valence-corrected chi connectivity index (χ2v) is 7.81. The molecule has 2 aliphatic heterocycles. The van der Waals surface area contributed by atoms with Crippen molar-refractivity contribution in [1.29, 1.82) is 0 Å². The molecule has 0 bridgehead atoms. The summed E-state index contributed by atoms with van der Waals surface area (Å²) in [5, 5.41) is 0. The Labute approximate surface area is 153 Å². The number of methoxy groups -OCH3 is 1. The Morgan fingerprint density at radius 1 is 1.24 bits per heavy atom. The predicted octanol–water partition coefficient (Wildman–Crippen LogP) is 3.14. The van der Waals surface area contributed by atoms with Crippen molar-refractivity contribution in [3.05, 3.63) is 24.0 Å². The molecule has 1 aromatic carbocycles. The number of ether oxygens (including phenoxy) is 3. The van der Waals surface area contributed by atoms with Gasteiger partial charge in [-0.2, -0.15) is 0 Å². The van der Waals surface area contributed by atoms with Crippen LogP contribution in [-0.4, -0.2) is 63.7 Å². The van der Waals surface area contributed by atoms with Crippen LogP contribution in [0.5, 0.6) is 0 Å².